The summed E-state index contributed by atoms with van der Waals surface area (Å²) in [6, 6.07) is 10.4. The lowest BCUT2D eigenvalue weighted by Gasteiger charge is -2.31. The molecule has 0 aliphatic carbocycles. The fourth-order valence-corrected chi connectivity index (χ4v) is 2.38. The Morgan fingerprint density at radius 2 is 1.95 bits per heavy atom. The summed E-state index contributed by atoms with van der Waals surface area (Å²) in [6.07, 6.45) is 2.59. The van der Waals surface area contributed by atoms with Gasteiger partial charge >= 0.3 is 0 Å². The number of rotatable bonds is 7. The molecule has 2 rings (SSSR count). The fourth-order valence-electron chi connectivity index (χ4n) is 2.38. The van der Waals surface area contributed by atoms with Crippen LogP contribution in [-0.4, -0.2) is 51.1 Å². The summed E-state index contributed by atoms with van der Waals surface area (Å²) in [5, 5.41) is 3.44. The van der Waals surface area contributed by atoms with Crippen molar-refractivity contribution in [2.24, 2.45) is 0 Å². The average molecular weight is 264 g/mol. The molecule has 19 heavy (non-hydrogen) atoms. The maximum atomic E-state index is 5.59. The van der Waals surface area contributed by atoms with Gasteiger partial charge < -0.3 is 19.7 Å². The van der Waals surface area contributed by atoms with E-state index >= 15 is 0 Å². The minimum atomic E-state index is 0.373. The zero-order valence-corrected chi connectivity index (χ0v) is 11.7. The van der Waals surface area contributed by atoms with Crippen molar-refractivity contribution in [1.82, 2.24) is 4.90 Å². The molecule has 0 atom stereocenters. The first-order chi connectivity index (χ1) is 9.38. The van der Waals surface area contributed by atoms with E-state index in [1.165, 1.54) is 5.69 Å². The molecule has 1 aliphatic heterocycles. The Kier molecular flexibility index (Phi) is 6.14. The van der Waals surface area contributed by atoms with Crippen molar-refractivity contribution in [1.29, 1.82) is 0 Å². The summed E-state index contributed by atoms with van der Waals surface area (Å²) in [5.74, 6) is 0. The third kappa shape index (κ3) is 5.19. The number of piperidine rings is 1. The highest BCUT2D eigenvalue weighted by atomic mass is 16.7. The number of anilines is 1. The summed E-state index contributed by atoms with van der Waals surface area (Å²) >= 11 is 0. The zero-order chi connectivity index (χ0) is 13.3. The van der Waals surface area contributed by atoms with Crippen molar-refractivity contribution in [3.8, 4) is 0 Å². The second kappa shape index (κ2) is 8.15. The van der Waals surface area contributed by atoms with Gasteiger partial charge in [-0.15, -0.1) is 0 Å². The van der Waals surface area contributed by atoms with Crippen LogP contribution in [0.2, 0.25) is 0 Å². The van der Waals surface area contributed by atoms with Crippen LogP contribution in [-0.2, 0) is 9.47 Å². The Labute approximate surface area is 115 Å². The number of methoxy groups -OCH3 is 1. The molecule has 1 saturated heterocycles. The van der Waals surface area contributed by atoms with Gasteiger partial charge in [0.1, 0.15) is 6.79 Å². The molecule has 0 radical (unpaired) electrons. The van der Waals surface area contributed by atoms with Crippen LogP contribution >= 0.6 is 0 Å². The molecule has 1 aromatic carbocycles. The molecule has 1 heterocycles. The molecule has 0 spiro atoms. The van der Waals surface area contributed by atoms with E-state index in [1.54, 1.807) is 7.11 Å². The number of nitrogens with one attached hydrogen (secondary N) is 1. The van der Waals surface area contributed by atoms with Gasteiger partial charge in [-0.2, -0.15) is 0 Å². The fraction of sp³-hybridized carbons (Fsp3) is 0.600. The largest absolute Gasteiger partial charge is 0.384 e. The molecule has 0 aromatic heterocycles. The first kappa shape index (κ1) is 14.3. The summed E-state index contributed by atoms with van der Waals surface area (Å²) in [6.45, 7) is 4.73. The van der Waals surface area contributed by atoms with Gasteiger partial charge in [0.2, 0.25) is 0 Å². The highest BCUT2D eigenvalue weighted by molar-refractivity contribution is 5.42. The molecule has 0 bridgehead atoms. The number of likely N-dealkylation sites (tertiary alicyclic amines) is 1. The smallest absolute Gasteiger partial charge is 0.146 e. The number of benzene rings is 1. The monoisotopic (exact) mass is 264 g/mol. The molecule has 4 nitrogen and oxygen atoms in total. The maximum absolute atomic E-state index is 5.59. The number of hydrogen-bond donors (Lipinski definition) is 1. The molecule has 106 valence electrons. The summed E-state index contributed by atoms with van der Waals surface area (Å²) < 4.78 is 10.5. The molecular formula is C15H24N2O2. The number of hydrogen-bond acceptors (Lipinski definition) is 4. The van der Waals surface area contributed by atoms with Crippen LogP contribution in [0, 0.1) is 0 Å². The molecule has 1 aromatic rings. The zero-order valence-electron chi connectivity index (χ0n) is 11.7. The minimum absolute atomic E-state index is 0.373. The molecule has 0 amide bonds. The first-order valence-electron chi connectivity index (χ1n) is 7.00. The van der Waals surface area contributed by atoms with Crippen LogP contribution in [0.25, 0.3) is 0 Å². The molecule has 0 unspecified atom stereocenters. The van der Waals surface area contributed by atoms with Crippen LogP contribution in [0.5, 0.6) is 0 Å². The summed E-state index contributed by atoms with van der Waals surface area (Å²) in [7, 11) is 1.67. The van der Waals surface area contributed by atoms with E-state index in [-0.39, 0.29) is 0 Å². The second-order valence-corrected chi connectivity index (χ2v) is 4.91. The minimum Gasteiger partial charge on any atom is -0.384 e. The lowest BCUT2D eigenvalue weighted by atomic mass is 10.1. The highest BCUT2D eigenvalue weighted by Crippen LogP contribution is 2.13. The van der Waals surface area contributed by atoms with E-state index in [0.29, 0.717) is 12.9 Å². The summed E-state index contributed by atoms with van der Waals surface area (Å²) in [4.78, 5) is 2.49. The number of para-hydroxylation sites is 1. The van der Waals surface area contributed by atoms with Crippen LogP contribution < -0.4 is 5.32 Å². The Morgan fingerprint density at radius 3 is 2.63 bits per heavy atom. The molecule has 1 aliphatic rings. The maximum Gasteiger partial charge on any atom is 0.146 e. The molecule has 1 N–H and O–H groups in total. The Balaban J connectivity index is 1.58. The summed E-state index contributed by atoms with van der Waals surface area (Å²) in [5.41, 5.74) is 1.20. The van der Waals surface area contributed by atoms with E-state index in [2.05, 4.69) is 34.5 Å². The Bertz CT molecular complexity index is 337. The van der Waals surface area contributed by atoms with Gasteiger partial charge in [-0.05, 0) is 25.0 Å². The van der Waals surface area contributed by atoms with Crippen molar-refractivity contribution >= 4 is 5.69 Å². The second-order valence-electron chi connectivity index (χ2n) is 4.91. The van der Waals surface area contributed by atoms with Crippen molar-refractivity contribution in [2.75, 3.05) is 45.4 Å². The van der Waals surface area contributed by atoms with Gasteiger partial charge in [0.05, 0.1) is 6.10 Å². The Morgan fingerprint density at radius 1 is 1.21 bits per heavy atom. The van der Waals surface area contributed by atoms with E-state index < -0.39 is 0 Å². The predicted octanol–water partition coefficient (Wildman–Crippen LogP) is 2.18. The normalized spacial score (nSPS) is 17.5. The van der Waals surface area contributed by atoms with E-state index in [4.69, 9.17) is 9.47 Å². The van der Waals surface area contributed by atoms with Crippen LogP contribution in [0.15, 0.2) is 30.3 Å². The lowest BCUT2D eigenvalue weighted by Crippen LogP contribution is -2.39. The van der Waals surface area contributed by atoms with Crippen molar-refractivity contribution in [3.05, 3.63) is 30.3 Å². The van der Waals surface area contributed by atoms with Crippen molar-refractivity contribution in [2.45, 2.75) is 18.9 Å². The van der Waals surface area contributed by atoms with E-state index in [1.807, 2.05) is 6.07 Å². The molecule has 1 fully saturated rings. The quantitative estimate of drug-likeness (QED) is 0.765. The predicted molar refractivity (Wildman–Crippen MR) is 77.4 cm³/mol. The standard InChI is InChI=1S/C15H24N2O2/c1-18-13-19-15-7-10-17(11-8-15)12-9-16-14-5-3-2-4-6-14/h2-6,15-16H,7-13H2,1H3. The van der Waals surface area contributed by atoms with Crippen LogP contribution in [0.1, 0.15) is 12.8 Å². The van der Waals surface area contributed by atoms with E-state index in [0.717, 1.165) is 39.0 Å². The molecular weight excluding hydrogens is 240 g/mol. The van der Waals surface area contributed by atoms with Gasteiger partial charge in [-0.25, -0.2) is 0 Å². The highest BCUT2D eigenvalue weighted by Gasteiger charge is 2.18. The van der Waals surface area contributed by atoms with Gasteiger partial charge in [0, 0.05) is 39.0 Å². The average Bonchev–Trinajstić information content (AvgIpc) is 2.47. The number of ether oxygens (including phenoxy) is 2. The van der Waals surface area contributed by atoms with Gasteiger partial charge in [-0.3, -0.25) is 0 Å². The number of nitrogens with zero attached hydrogens (tertiary/aromatic N) is 1. The molecule has 4 heteroatoms. The topological polar surface area (TPSA) is 33.7 Å². The van der Waals surface area contributed by atoms with Crippen molar-refractivity contribution < 1.29 is 9.47 Å². The Hall–Kier alpha value is -1.10. The molecule has 0 saturated carbocycles. The van der Waals surface area contributed by atoms with E-state index in [9.17, 15) is 0 Å². The third-order valence-corrected chi connectivity index (χ3v) is 3.49. The van der Waals surface area contributed by atoms with Crippen molar-refractivity contribution in [3.63, 3.8) is 0 Å². The third-order valence-electron chi connectivity index (χ3n) is 3.49. The van der Waals surface area contributed by atoms with Gasteiger partial charge in [0.15, 0.2) is 0 Å². The van der Waals surface area contributed by atoms with Crippen LogP contribution in [0.3, 0.4) is 0 Å². The van der Waals surface area contributed by atoms with Gasteiger partial charge in [0.25, 0.3) is 0 Å². The lowest BCUT2D eigenvalue weighted by molar-refractivity contribution is -0.0883. The SMILES string of the molecule is COCOC1CCN(CCNc2ccccc2)CC1. The van der Waals surface area contributed by atoms with Gasteiger partial charge in [-0.1, -0.05) is 18.2 Å². The first-order valence-corrected chi connectivity index (χ1v) is 7.00. The van der Waals surface area contributed by atoms with Crippen LogP contribution in [0.4, 0.5) is 5.69 Å².